The van der Waals surface area contributed by atoms with Crippen molar-refractivity contribution in [2.45, 2.75) is 36.7 Å². The van der Waals surface area contributed by atoms with Crippen LogP contribution in [-0.2, 0) is 4.79 Å². The van der Waals surface area contributed by atoms with Crippen molar-refractivity contribution < 1.29 is 15.0 Å². The van der Waals surface area contributed by atoms with Crippen LogP contribution < -0.4 is 0 Å². The van der Waals surface area contributed by atoms with Gasteiger partial charge < -0.3 is 10.2 Å². The smallest absolute Gasteiger partial charge is 0.324 e. The Bertz CT molecular complexity index is 171. The van der Waals surface area contributed by atoms with Crippen LogP contribution in [0.4, 0.5) is 0 Å². The van der Waals surface area contributed by atoms with Gasteiger partial charge in [-0.3, -0.25) is 4.79 Å². The highest BCUT2D eigenvalue weighted by molar-refractivity contribution is 6.33. The Balaban J connectivity index is 2.63. The minimum absolute atomic E-state index is 0.171. The molecular weight excluding hydrogens is 168 g/mol. The van der Waals surface area contributed by atoms with E-state index in [2.05, 4.69) is 0 Å². The zero-order valence-corrected chi connectivity index (χ0v) is 6.84. The number of alkyl halides is 1. The highest BCUT2D eigenvalue weighted by Gasteiger charge is 2.40. The molecule has 11 heavy (non-hydrogen) atoms. The first-order valence-electron chi connectivity index (χ1n) is 3.65. The second-order valence-corrected chi connectivity index (χ2v) is 3.74. The highest BCUT2D eigenvalue weighted by atomic mass is 35.5. The summed E-state index contributed by atoms with van der Waals surface area (Å²) in [6, 6.07) is 0. The van der Waals surface area contributed by atoms with Crippen molar-refractivity contribution in [3.63, 3.8) is 0 Å². The number of aliphatic carboxylic acids is 1. The Kier molecular flexibility index (Phi) is 2.40. The van der Waals surface area contributed by atoms with Gasteiger partial charge in [0.05, 0.1) is 6.10 Å². The maximum atomic E-state index is 10.6. The molecule has 4 heteroatoms. The summed E-state index contributed by atoms with van der Waals surface area (Å²) in [5.74, 6) is -1.02. The van der Waals surface area contributed by atoms with Gasteiger partial charge in [0.1, 0.15) is 4.87 Å². The van der Waals surface area contributed by atoms with Crippen LogP contribution >= 0.6 is 11.6 Å². The van der Waals surface area contributed by atoms with Gasteiger partial charge in [0.15, 0.2) is 0 Å². The van der Waals surface area contributed by atoms with Gasteiger partial charge in [-0.25, -0.2) is 0 Å². The molecule has 0 unspecified atom stereocenters. The van der Waals surface area contributed by atoms with E-state index in [0.29, 0.717) is 19.3 Å². The zero-order valence-electron chi connectivity index (χ0n) is 6.09. The van der Waals surface area contributed by atoms with Crippen LogP contribution in [0.2, 0.25) is 0 Å². The second kappa shape index (κ2) is 2.99. The lowest BCUT2D eigenvalue weighted by molar-refractivity contribution is -0.142. The molecule has 0 bridgehead atoms. The van der Waals surface area contributed by atoms with Crippen molar-refractivity contribution in [2.24, 2.45) is 0 Å². The number of carbonyl (C=O) groups is 1. The van der Waals surface area contributed by atoms with E-state index >= 15 is 0 Å². The van der Waals surface area contributed by atoms with E-state index in [4.69, 9.17) is 21.8 Å². The van der Waals surface area contributed by atoms with Gasteiger partial charge in [0.2, 0.25) is 0 Å². The van der Waals surface area contributed by atoms with E-state index < -0.39 is 16.9 Å². The van der Waals surface area contributed by atoms with Crippen LogP contribution in [-0.4, -0.2) is 27.2 Å². The minimum Gasteiger partial charge on any atom is -0.480 e. The van der Waals surface area contributed by atoms with E-state index in [1.54, 1.807) is 0 Å². The van der Waals surface area contributed by atoms with Gasteiger partial charge in [-0.2, -0.15) is 0 Å². The molecule has 0 aromatic rings. The predicted octanol–water partition coefficient (Wildman–Crippen LogP) is 0.983. The normalized spacial score (nSPS) is 38.5. The number of halogens is 1. The summed E-state index contributed by atoms with van der Waals surface area (Å²) in [7, 11) is 0. The van der Waals surface area contributed by atoms with Gasteiger partial charge in [0, 0.05) is 6.42 Å². The molecule has 3 nitrogen and oxygen atoms in total. The Morgan fingerprint density at radius 3 is 2.64 bits per heavy atom. The summed E-state index contributed by atoms with van der Waals surface area (Å²) in [4.78, 5) is 9.37. The van der Waals surface area contributed by atoms with Crippen LogP contribution in [0, 0.1) is 0 Å². The number of hydrogen-bond donors (Lipinski definition) is 2. The lowest BCUT2D eigenvalue weighted by atomic mass is 9.86. The zero-order chi connectivity index (χ0) is 8.48. The first-order chi connectivity index (χ1) is 5.04. The van der Waals surface area contributed by atoms with Gasteiger partial charge in [0.25, 0.3) is 0 Å². The van der Waals surface area contributed by atoms with E-state index in [1.165, 1.54) is 0 Å². The van der Waals surface area contributed by atoms with Gasteiger partial charge in [-0.05, 0) is 19.3 Å². The maximum absolute atomic E-state index is 10.6. The van der Waals surface area contributed by atoms with Crippen LogP contribution in [0.5, 0.6) is 0 Å². The monoisotopic (exact) mass is 178 g/mol. The summed E-state index contributed by atoms with van der Waals surface area (Å²) in [5, 5.41) is 17.8. The molecular formula is C7H11ClO3. The average molecular weight is 179 g/mol. The summed E-state index contributed by atoms with van der Waals surface area (Å²) in [5.41, 5.74) is 0. The average Bonchev–Trinajstić information content (AvgIpc) is 1.86. The molecule has 1 fully saturated rings. The number of rotatable bonds is 1. The molecule has 1 saturated carbocycles. The van der Waals surface area contributed by atoms with E-state index in [-0.39, 0.29) is 6.42 Å². The quantitative estimate of drug-likeness (QED) is 0.589. The third-order valence-electron chi connectivity index (χ3n) is 2.05. The highest BCUT2D eigenvalue weighted by Crippen LogP contribution is 2.34. The molecule has 1 rings (SSSR count). The summed E-state index contributed by atoms with van der Waals surface area (Å²) < 4.78 is 0. The minimum atomic E-state index is -1.21. The van der Waals surface area contributed by atoms with Crippen molar-refractivity contribution in [3.8, 4) is 0 Å². The Hall–Kier alpha value is -0.280. The fourth-order valence-electron chi connectivity index (χ4n) is 1.39. The Labute approximate surface area is 70.0 Å². The molecule has 0 heterocycles. The number of carboxylic acid groups (broad SMARTS) is 1. The van der Waals surface area contributed by atoms with Crippen molar-refractivity contribution >= 4 is 17.6 Å². The lowest BCUT2D eigenvalue weighted by Gasteiger charge is -2.29. The van der Waals surface area contributed by atoms with Crippen molar-refractivity contribution in [1.29, 1.82) is 0 Å². The SMILES string of the molecule is O=C(O)[C@]1(Cl)CCC[C@@H](O)C1. The third kappa shape index (κ3) is 1.84. The van der Waals surface area contributed by atoms with Crippen LogP contribution in [0.3, 0.4) is 0 Å². The molecule has 64 valence electrons. The van der Waals surface area contributed by atoms with Gasteiger partial charge in [-0.15, -0.1) is 11.6 Å². The van der Waals surface area contributed by atoms with Gasteiger partial charge in [-0.1, -0.05) is 0 Å². The molecule has 2 atom stereocenters. The maximum Gasteiger partial charge on any atom is 0.324 e. The summed E-state index contributed by atoms with van der Waals surface area (Å²) in [6.45, 7) is 0. The molecule has 1 aliphatic carbocycles. The Morgan fingerprint density at radius 2 is 2.27 bits per heavy atom. The lowest BCUT2D eigenvalue weighted by Crippen LogP contribution is -2.39. The van der Waals surface area contributed by atoms with Crippen molar-refractivity contribution in [1.82, 2.24) is 0 Å². The number of carboxylic acids is 1. The standard InChI is InChI=1S/C7H11ClO3/c8-7(6(10)11)3-1-2-5(9)4-7/h5,9H,1-4H2,(H,10,11)/t5-,7+/m1/s1. The molecule has 0 radical (unpaired) electrons. The topological polar surface area (TPSA) is 57.5 Å². The molecule has 1 aliphatic rings. The van der Waals surface area contributed by atoms with Crippen LogP contribution in [0.25, 0.3) is 0 Å². The first kappa shape index (κ1) is 8.81. The Morgan fingerprint density at radius 1 is 1.64 bits per heavy atom. The third-order valence-corrected chi connectivity index (χ3v) is 2.56. The fraction of sp³-hybridized carbons (Fsp3) is 0.857. The van der Waals surface area contributed by atoms with E-state index in [0.717, 1.165) is 0 Å². The summed E-state index contributed by atoms with van der Waals surface area (Å²) in [6.07, 6.45) is 1.45. The molecule has 0 saturated heterocycles. The molecule has 0 aromatic heterocycles. The number of aliphatic hydroxyl groups excluding tert-OH is 1. The van der Waals surface area contributed by atoms with E-state index in [9.17, 15) is 4.79 Å². The van der Waals surface area contributed by atoms with Crippen molar-refractivity contribution in [2.75, 3.05) is 0 Å². The second-order valence-electron chi connectivity index (χ2n) is 3.02. The molecule has 0 amide bonds. The predicted molar refractivity (Wildman–Crippen MR) is 40.7 cm³/mol. The molecule has 0 spiro atoms. The molecule has 0 aliphatic heterocycles. The first-order valence-corrected chi connectivity index (χ1v) is 4.03. The van der Waals surface area contributed by atoms with Crippen molar-refractivity contribution in [3.05, 3.63) is 0 Å². The fourth-order valence-corrected chi connectivity index (χ4v) is 1.70. The van der Waals surface area contributed by atoms with Crippen LogP contribution in [0.1, 0.15) is 25.7 Å². The van der Waals surface area contributed by atoms with E-state index in [1.807, 2.05) is 0 Å². The van der Waals surface area contributed by atoms with Gasteiger partial charge >= 0.3 is 5.97 Å². The molecule has 2 N–H and O–H groups in total. The summed E-state index contributed by atoms with van der Waals surface area (Å²) >= 11 is 5.75. The number of aliphatic hydroxyl groups is 1. The van der Waals surface area contributed by atoms with Crippen LogP contribution in [0.15, 0.2) is 0 Å². The number of hydrogen-bond acceptors (Lipinski definition) is 2. The molecule has 0 aromatic carbocycles. The largest absolute Gasteiger partial charge is 0.480 e.